The minimum atomic E-state index is -0.0110. The molecule has 0 aliphatic rings. The maximum atomic E-state index is 12.4. The van der Waals surface area contributed by atoms with Crippen molar-refractivity contribution in [3.05, 3.63) is 63.6 Å². The molecular weight excluding hydrogens is 318 g/mol. The van der Waals surface area contributed by atoms with Gasteiger partial charge in [0.05, 0.1) is 0 Å². The summed E-state index contributed by atoms with van der Waals surface area (Å²) in [4.78, 5) is 14.1. The van der Waals surface area contributed by atoms with Crippen molar-refractivity contribution in [3.8, 4) is 5.75 Å². The number of halogens is 1. The Morgan fingerprint density at radius 3 is 2.45 bits per heavy atom. The van der Waals surface area contributed by atoms with E-state index >= 15 is 0 Å². The number of benzene rings is 2. The summed E-state index contributed by atoms with van der Waals surface area (Å²) >= 11 is 3.39. The van der Waals surface area contributed by atoms with E-state index in [1.54, 1.807) is 24.1 Å². The largest absolute Gasteiger partial charge is 0.508 e. The van der Waals surface area contributed by atoms with E-state index in [4.69, 9.17) is 0 Å². The Labute approximate surface area is 127 Å². The van der Waals surface area contributed by atoms with Crippen LogP contribution in [0.3, 0.4) is 0 Å². The lowest BCUT2D eigenvalue weighted by Crippen LogP contribution is -2.26. The van der Waals surface area contributed by atoms with Crippen LogP contribution >= 0.6 is 15.9 Å². The van der Waals surface area contributed by atoms with Gasteiger partial charge in [-0.05, 0) is 48.4 Å². The zero-order chi connectivity index (χ0) is 14.7. The molecule has 0 saturated carbocycles. The van der Waals surface area contributed by atoms with Crippen LogP contribution in [0, 0.1) is 6.92 Å². The van der Waals surface area contributed by atoms with Gasteiger partial charge in [-0.2, -0.15) is 0 Å². The van der Waals surface area contributed by atoms with Crippen molar-refractivity contribution in [2.75, 3.05) is 7.05 Å². The topological polar surface area (TPSA) is 40.5 Å². The molecule has 0 radical (unpaired) electrons. The molecule has 3 nitrogen and oxygen atoms in total. The minimum Gasteiger partial charge on any atom is -0.508 e. The molecule has 0 saturated heterocycles. The molecule has 4 heteroatoms. The van der Waals surface area contributed by atoms with Crippen molar-refractivity contribution in [2.24, 2.45) is 0 Å². The average Bonchev–Trinajstić information content (AvgIpc) is 2.40. The van der Waals surface area contributed by atoms with Crippen LogP contribution in [0.15, 0.2) is 46.9 Å². The summed E-state index contributed by atoms with van der Waals surface area (Å²) in [5.74, 6) is 0.217. The third kappa shape index (κ3) is 3.39. The van der Waals surface area contributed by atoms with Crippen LogP contribution in [0.1, 0.15) is 21.5 Å². The van der Waals surface area contributed by atoms with Crippen LogP contribution in [0.2, 0.25) is 0 Å². The molecule has 0 unspecified atom stereocenters. The number of nitrogens with zero attached hydrogens (tertiary/aromatic N) is 1. The summed E-state index contributed by atoms with van der Waals surface area (Å²) in [6.45, 7) is 2.43. The Bertz CT molecular complexity index is 623. The van der Waals surface area contributed by atoms with E-state index < -0.39 is 0 Å². The molecule has 0 aliphatic carbocycles. The Morgan fingerprint density at radius 1 is 1.20 bits per heavy atom. The summed E-state index contributed by atoms with van der Waals surface area (Å²) in [7, 11) is 1.77. The van der Waals surface area contributed by atoms with Crippen LogP contribution in [0.5, 0.6) is 5.75 Å². The van der Waals surface area contributed by atoms with Crippen molar-refractivity contribution in [2.45, 2.75) is 13.5 Å². The van der Waals surface area contributed by atoms with Crippen molar-refractivity contribution >= 4 is 21.8 Å². The first-order chi connectivity index (χ1) is 9.47. The molecule has 0 atom stereocenters. The van der Waals surface area contributed by atoms with Crippen molar-refractivity contribution < 1.29 is 9.90 Å². The van der Waals surface area contributed by atoms with Gasteiger partial charge < -0.3 is 10.0 Å². The molecule has 2 aromatic rings. The van der Waals surface area contributed by atoms with Crippen LogP contribution in [0.25, 0.3) is 0 Å². The fraction of sp³-hybridized carbons (Fsp3) is 0.188. The second kappa shape index (κ2) is 6.09. The number of carbonyl (C=O) groups is 1. The van der Waals surface area contributed by atoms with Crippen LogP contribution < -0.4 is 0 Å². The smallest absolute Gasteiger partial charge is 0.254 e. The number of phenols is 1. The second-order valence-electron chi connectivity index (χ2n) is 4.79. The molecule has 0 bridgehead atoms. The van der Waals surface area contributed by atoms with E-state index in [0.29, 0.717) is 12.1 Å². The third-order valence-corrected chi connectivity index (χ3v) is 3.61. The Kier molecular flexibility index (Phi) is 4.45. The van der Waals surface area contributed by atoms with Crippen LogP contribution in [-0.2, 0) is 6.54 Å². The molecule has 0 aromatic heterocycles. The Morgan fingerprint density at radius 2 is 1.85 bits per heavy atom. The molecule has 0 spiro atoms. The number of rotatable bonds is 3. The molecule has 1 amide bonds. The zero-order valence-corrected chi connectivity index (χ0v) is 13.0. The monoisotopic (exact) mass is 333 g/mol. The predicted octanol–water partition coefficient (Wildman–Crippen LogP) is 3.74. The molecule has 2 rings (SSSR count). The SMILES string of the molecule is Cc1cc(Br)ccc1C(=O)N(C)Cc1ccc(O)cc1. The van der Waals surface area contributed by atoms with E-state index in [1.165, 1.54) is 0 Å². The number of carbonyl (C=O) groups excluding carboxylic acids is 1. The maximum absolute atomic E-state index is 12.4. The van der Waals surface area contributed by atoms with Gasteiger partial charge in [0.1, 0.15) is 5.75 Å². The number of phenolic OH excluding ortho intramolecular Hbond substituents is 1. The quantitative estimate of drug-likeness (QED) is 0.929. The number of hydrogen-bond donors (Lipinski definition) is 1. The van der Waals surface area contributed by atoms with Gasteiger partial charge in [-0.3, -0.25) is 4.79 Å². The highest BCUT2D eigenvalue weighted by molar-refractivity contribution is 9.10. The lowest BCUT2D eigenvalue weighted by molar-refractivity contribution is 0.0784. The molecule has 20 heavy (non-hydrogen) atoms. The molecule has 104 valence electrons. The lowest BCUT2D eigenvalue weighted by atomic mass is 10.1. The molecule has 2 aromatic carbocycles. The molecule has 0 fully saturated rings. The highest BCUT2D eigenvalue weighted by Crippen LogP contribution is 2.18. The Balaban J connectivity index is 2.14. The fourth-order valence-corrected chi connectivity index (χ4v) is 2.50. The van der Waals surface area contributed by atoms with E-state index in [2.05, 4.69) is 15.9 Å². The van der Waals surface area contributed by atoms with Gasteiger partial charge >= 0.3 is 0 Å². The number of hydrogen-bond acceptors (Lipinski definition) is 2. The van der Waals surface area contributed by atoms with E-state index in [1.807, 2.05) is 37.3 Å². The zero-order valence-electron chi connectivity index (χ0n) is 11.4. The Hall–Kier alpha value is -1.81. The summed E-state index contributed by atoms with van der Waals surface area (Å²) in [5, 5.41) is 9.26. The van der Waals surface area contributed by atoms with Gasteiger partial charge in [0, 0.05) is 23.6 Å². The average molecular weight is 334 g/mol. The third-order valence-electron chi connectivity index (χ3n) is 3.12. The predicted molar refractivity (Wildman–Crippen MR) is 82.8 cm³/mol. The summed E-state index contributed by atoms with van der Waals surface area (Å²) in [6, 6.07) is 12.5. The van der Waals surface area contributed by atoms with Gasteiger partial charge in [-0.25, -0.2) is 0 Å². The van der Waals surface area contributed by atoms with Crippen molar-refractivity contribution in [1.29, 1.82) is 0 Å². The number of aryl methyl sites for hydroxylation is 1. The van der Waals surface area contributed by atoms with Crippen LogP contribution in [0.4, 0.5) is 0 Å². The number of aromatic hydroxyl groups is 1. The van der Waals surface area contributed by atoms with Crippen molar-refractivity contribution in [1.82, 2.24) is 4.90 Å². The summed E-state index contributed by atoms with van der Waals surface area (Å²) in [6.07, 6.45) is 0. The first-order valence-electron chi connectivity index (χ1n) is 6.27. The van der Waals surface area contributed by atoms with E-state index in [9.17, 15) is 9.90 Å². The lowest BCUT2D eigenvalue weighted by Gasteiger charge is -2.18. The highest BCUT2D eigenvalue weighted by Gasteiger charge is 2.14. The van der Waals surface area contributed by atoms with Crippen molar-refractivity contribution in [3.63, 3.8) is 0 Å². The highest BCUT2D eigenvalue weighted by atomic mass is 79.9. The van der Waals surface area contributed by atoms with Gasteiger partial charge in [0.25, 0.3) is 5.91 Å². The molecular formula is C16H16BrNO2. The standard InChI is InChI=1S/C16H16BrNO2/c1-11-9-13(17)5-8-15(11)16(20)18(2)10-12-3-6-14(19)7-4-12/h3-9,19H,10H2,1-2H3. The van der Waals surface area contributed by atoms with E-state index in [0.717, 1.165) is 15.6 Å². The minimum absolute atomic E-state index is 0.0110. The van der Waals surface area contributed by atoms with Gasteiger partial charge in [0.15, 0.2) is 0 Å². The summed E-state index contributed by atoms with van der Waals surface area (Å²) in [5.41, 5.74) is 2.63. The molecule has 1 N–H and O–H groups in total. The van der Waals surface area contributed by atoms with E-state index in [-0.39, 0.29) is 11.7 Å². The number of amides is 1. The normalized spacial score (nSPS) is 10.3. The van der Waals surface area contributed by atoms with Gasteiger partial charge in [-0.15, -0.1) is 0 Å². The van der Waals surface area contributed by atoms with Gasteiger partial charge in [-0.1, -0.05) is 28.1 Å². The van der Waals surface area contributed by atoms with Crippen LogP contribution in [-0.4, -0.2) is 23.0 Å². The van der Waals surface area contributed by atoms with Gasteiger partial charge in [0.2, 0.25) is 0 Å². The molecule has 0 heterocycles. The molecule has 0 aliphatic heterocycles. The fourth-order valence-electron chi connectivity index (χ4n) is 2.02. The summed E-state index contributed by atoms with van der Waals surface area (Å²) < 4.78 is 0.965. The maximum Gasteiger partial charge on any atom is 0.254 e. The second-order valence-corrected chi connectivity index (χ2v) is 5.70. The first-order valence-corrected chi connectivity index (χ1v) is 7.06. The first kappa shape index (κ1) is 14.6.